The molecule has 96 valence electrons. The number of carbonyl (C=O) groups excluding carboxylic acids is 1. The highest BCUT2D eigenvalue weighted by atomic mass is 16.6. The van der Waals surface area contributed by atoms with Crippen molar-refractivity contribution >= 4 is 12.1 Å². The molecule has 1 N–H and O–H groups in total. The molecule has 0 aromatic heterocycles. The fraction of sp³-hybridized carbons (Fsp3) is 0.667. The highest BCUT2D eigenvalue weighted by Gasteiger charge is 2.40. The van der Waals surface area contributed by atoms with E-state index in [-0.39, 0.29) is 18.6 Å². The number of nitrogens with zero attached hydrogens (tertiary/aromatic N) is 1. The third-order valence-corrected chi connectivity index (χ3v) is 3.29. The van der Waals surface area contributed by atoms with Crippen LogP contribution in [0.3, 0.4) is 0 Å². The van der Waals surface area contributed by atoms with Crippen LogP contribution in [0.2, 0.25) is 0 Å². The second-order valence-electron chi connectivity index (χ2n) is 4.43. The molecule has 1 amide bonds. The summed E-state index contributed by atoms with van der Waals surface area (Å²) in [5.41, 5.74) is 0. The van der Waals surface area contributed by atoms with E-state index in [0.717, 1.165) is 0 Å². The van der Waals surface area contributed by atoms with Crippen molar-refractivity contribution in [2.45, 2.75) is 26.3 Å². The molecule has 0 unspecified atom stereocenters. The molecule has 1 aliphatic rings. The summed E-state index contributed by atoms with van der Waals surface area (Å²) in [5, 5.41) is 9.16. The van der Waals surface area contributed by atoms with Gasteiger partial charge in [0.05, 0.1) is 5.92 Å². The largest absolute Gasteiger partial charge is 0.481 e. The number of rotatable bonds is 3. The van der Waals surface area contributed by atoms with Gasteiger partial charge in [-0.05, 0) is 19.3 Å². The van der Waals surface area contributed by atoms with Crippen molar-refractivity contribution in [3.63, 3.8) is 0 Å². The molecule has 1 fully saturated rings. The van der Waals surface area contributed by atoms with Crippen molar-refractivity contribution in [3.8, 4) is 0 Å². The number of piperidine rings is 1. The Balaban J connectivity index is 2.72. The number of carbonyl (C=O) groups is 2. The number of hydrogen-bond donors (Lipinski definition) is 1. The molecule has 3 atom stereocenters. The Morgan fingerprint density at radius 2 is 2.18 bits per heavy atom. The van der Waals surface area contributed by atoms with Crippen molar-refractivity contribution in [2.24, 2.45) is 11.8 Å². The summed E-state index contributed by atoms with van der Waals surface area (Å²) < 4.78 is 4.94. The molecule has 0 aliphatic carbocycles. The second-order valence-corrected chi connectivity index (χ2v) is 4.43. The summed E-state index contributed by atoms with van der Waals surface area (Å²) in [6, 6.07) is -0.339. The van der Waals surface area contributed by atoms with Gasteiger partial charge in [0.15, 0.2) is 0 Å². The molecule has 1 heterocycles. The summed E-state index contributed by atoms with van der Waals surface area (Å²) in [4.78, 5) is 24.4. The summed E-state index contributed by atoms with van der Waals surface area (Å²) >= 11 is 0. The zero-order valence-electron chi connectivity index (χ0n) is 10.3. The number of carboxylic acid groups (broad SMARTS) is 1. The van der Waals surface area contributed by atoms with E-state index in [4.69, 9.17) is 9.84 Å². The molecule has 0 radical (unpaired) electrons. The van der Waals surface area contributed by atoms with Crippen LogP contribution in [0.15, 0.2) is 12.7 Å². The minimum Gasteiger partial charge on any atom is -0.481 e. The van der Waals surface area contributed by atoms with Gasteiger partial charge < -0.3 is 14.7 Å². The molecule has 5 heteroatoms. The molecule has 1 saturated heterocycles. The Morgan fingerprint density at radius 3 is 2.71 bits per heavy atom. The Hall–Kier alpha value is -1.52. The summed E-state index contributed by atoms with van der Waals surface area (Å²) in [6.07, 6.45) is 1.71. The predicted molar refractivity (Wildman–Crippen MR) is 62.6 cm³/mol. The number of hydrogen-bond acceptors (Lipinski definition) is 3. The van der Waals surface area contributed by atoms with E-state index >= 15 is 0 Å². The van der Waals surface area contributed by atoms with Crippen LogP contribution in [-0.4, -0.2) is 41.3 Å². The Bertz CT molecular complexity index is 316. The van der Waals surface area contributed by atoms with Gasteiger partial charge in [-0.25, -0.2) is 4.79 Å². The van der Waals surface area contributed by atoms with Gasteiger partial charge in [-0.15, -0.1) is 0 Å². The third kappa shape index (κ3) is 2.99. The van der Waals surface area contributed by atoms with Gasteiger partial charge in [0.25, 0.3) is 0 Å². The SMILES string of the molecule is C=CCOC(=O)N1CC[C@@H](C)[C@@H](C(=O)O)[C@H]1C. The van der Waals surface area contributed by atoms with Crippen LogP contribution >= 0.6 is 0 Å². The molecular formula is C12H19NO4. The quantitative estimate of drug-likeness (QED) is 0.764. The van der Waals surface area contributed by atoms with E-state index < -0.39 is 18.0 Å². The molecule has 1 aliphatic heterocycles. The van der Waals surface area contributed by atoms with Crippen molar-refractivity contribution in [2.75, 3.05) is 13.2 Å². The van der Waals surface area contributed by atoms with Crippen LogP contribution in [0.25, 0.3) is 0 Å². The van der Waals surface area contributed by atoms with E-state index in [1.54, 1.807) is 6.92 Å². The van der Waals surface area contributed by atoms with Gasteiger partial charge in [0.2, 0.25) is 0 Å². The highest BCUT2D eigenvalue weighted by Crippen LogP contribution is 2.29. The first kappa shape index (κ1) is 13.5. The third-order valence-electron chi connectivity index (χ3n) is 3.29. The normalized spacial score (nSPS) is 28.6. The van der Waals surface area contributed by atoms with E-state index in [9.17, 15) is 9.59 Å². The number of ether oxygens (including phenoxy) is 1. The van der Waals surface area contributed by atoms with Crippen LogP contribution in [0.5, 0.6) is 0 Å². The van der Waals surface area contributed by atoms with Gasteiger partial charge >= 0.3 is 12.1 Å². The smallest absolute Gasteiger partial charge is 0.410 e. The highest BCUT2D eigenvalue weighted by molar-refractivity contribution is 5.74. The lowest BCUT2D eigenvalue weighted by molar-refractivity contribution is -0.147. The Morgan fingerprint density at radius 1 is 1.53 bits per heavy atom. The van der Waals surface area contributed by atoms with Crippen LogP contribution in [-0.2, 0) is 9.53 Å². The van der Waals surface area contributed by atoms with Gasteiger partial charge in [-0.1, -0.05) is 19.6 Å². The van der Waals surface area contributed by atoms with E-state index in [1.165, 1.54) is 11.0 Å². The zero-order valence-corrected chi connectivity index (χ0v) is 10.3. The van der Waals surface area contributed by atoms with Crippen molar-refractivity contribution < 1.29 is 19.4 Å². The van der Waals surface area contributed by atoms with E-state index in [0.29, 0.717) is 13.0 Å². The molecule has 0 saturated carbocycles. The summed E-state index contributed by atoms with van der Waals surface area (Å²) in [5.74, 6) is -1.31. The number of likely N-dealkylation sites (tertiary alicyclic amines) is 1. The van der Waals surface area contributed by atoms with Crippen molar-refractivity contribution in [1.29, 1.82) is 0 Å². The summed E-state index contributed by atoms with van der Waals surface area (Å²) in [6.45, 7) is 7.81. The standard InChI is InChI=1S/C12H19NO4/c1-4-7-17-12(16)13-6-5-8(2)10(9(13)3)11(14)15/h4,8-10H,1,5-7H2,2-3H3,(H,14,15)/t8-,9-,10-/m1/s1. The van der Waals surface area contributed by atoms with Gasteiger partial charge in [0.1, 0.15) is 6.61 Å². The minimum absolute atomic E-state index is 0.0750. The monoisotopic (exact) mass is 241 g/mol. The van der Waals surface area contributed by atoms with Gasteiger partial charge in [-0.2, -0.15) is 0 Å². The number of amides is 1. The Kier molecular flexibility index (Phi) is 4.54. The molecule has 0 aromatic rings. The lowest BCUT2D eigenvalue weighted by atomic mass is 9.81. The van der Waals surface area contributed by atoms with Crippen LogP contribution in [0.4, 0.5) is 4.79 Å². The zero-order chi connectivity index (χ0) is 13.0. The van der Waals surface area contributed by atoms with Crippen LogP contribution in [0.1, 0.15) is 20.3 Å². The van der Waals surface area contributed by atoms with Crippen molar-refractivity contribution in [1.82, 2.24) is 4.90 Å². The molecule has 0 bridgehead atoms. The van der Waals surface area contributed by atoms with Gasteiger partial charge in [0, 0.05) is 12.6 Å². The van der Waals surface area contributed by atoms with Crippen molar-refractivity contribution in [3.05, 3.63) is 12.7 Å². The lowest BCUT2D eigenvalue weighted by Crippen LogP contribution is -2.52. The maximum atomic E-state index is 11.7. The van der Waals surface area contributed by atoms with Crippen LogP contribution in [0, 0.1) is 11.8 Å². The molecule has 5 nitrogen and oxygen atoms in total. The first-order valence-electron chi connectivity index (χ1n) is 5.76. The maximum Gasteiger partial charge on any atom is 0.410 e. The topological polar surface area (TPSA) is 66.8 Å². The van der Waals surface area contributed by atoms with Crippen LogP contribution < -0.4 is 0 Å². The predicted octanol–water partition coefficient (Wildman–Crippen LogP) is 1.74. The average molecular weight is 241 g/mol. The maximum absolute atomic E-state index is 11.7. The van der Waals surface area contributed by atoms with E-state index in [2.05, 4.69) is 6.58 Å². The molecule has 0 spiro atoms. The minimum atomic E-state index is -0.855. The fourth-order valence-corrected chi connectivity index (χ4v) is 2.32. The molecule has 0 aromatic carbocycles. The molecule has 17 heavy (non-hydrogen) atoms. The second kappa shape index (κ2) is 5.70. The van der Waals surface area contributed by atoms with Gasteiger partial charge in [-0.3, -0.25) is 4.79 Å². The Labute approximate surface area is 101 Å². The lowest BCUT2D eigenvalue weighted by Gasteiger charge is -2.40. The molecular weight excluding hydrogens is 222 g/mol. The number of aliphatic carboxylic acids is 1. The fourth-order valence-electron chi connectivity index (χ4n) is 2.32. The van der Waals surface area contributed by atoms with E-state index in [1.807, 2.05) is 6.92 Å². The molecule has 1 rings (SSSR count). The number of carboxylic acids is 1. The first-order chi connectivity index (χ1) is 7.99. The average Bonchev–Trinajstić information content (AvgIpc) is 2.25. The summed E-state index contributed by atoms with van der Waals surface area (Å²) in [7, 11) is 0. The first-order valence-corrected chi connectivity index (χ1v) is 5.76.